The van der Waals surface area contributed by atoms with Crippen molar-refractivity contribution in [1.29, 1.82) is 0 Å². The molecule has 0 saturated heterocycles. The van der Waals surface area contributed by atoms with Gasteiger partial charge in [-0.2, -0.15) is 0 Å². The summed E-state index contributed by atoms with van der Waals surface area (Å²) >= 11 is 0. The highest BCUT2D eigenvalue weighted by atomic mass is 79.9. The summed E-state index contributed by atoms with van der Waals surface area (Å²) in [5, 5.41) is 13.5. The molecule has 0 unspecified atom stereocenters. The molecule has 0 bridgehead atoms. The van der Waals surface area contributed by atoms with Gasteiger partial charge in [0.15, 0.2) is 0 Å². The summed E-state index contributed by atoms with van der Waals surface area (Å²) in [5.74, 6) is 0.316. The summed E-state index contributed by atoms with van der Waals surface area (Å²) in [4.78, 5) is 0. The van der Waals surface area contributed by atoms with Crippen LogP contribution in [0.15, 0.2) is 84.9 Å². The number of rotatable bonds is 3. The molecular formula is C18H16BrOP. The van der Waals surface area contributed by atoms with Gasteiger partial charge in [0.05, 0.1) is 7.92 Å². The van der Waals surface area contributed by atoms with Crippen molar-refractivity contribution in [3.63, 3.8) is 0 Å². The molecule has 0 fully saturated rings. The first-order valence-electron chi connectivity index (χ1n) is 6.62. The van der Waals surface area contributed by atoms with Gasteiger partial charge in [0.1, 0.15) is 21.7 Å². The third kappa shape index (κ3) is 3.72. The zero-order valence-electron chi connectivity index (χ0n) is 11.4. The zero-order valence-corrected chi connectivity index (χ0v) is 14.0. The minimum absolute atomic E-state index is 0. The first-order valence-corrected chi connectivity index (χ1v) is 8.12. The smallest absolute Gasteiger partial charge is 0.115 e. The van der Waals surface area contributed by atoms with E-state index in [4.69, 9.17) is 0 Å². The SMILES string of the molecule is Oc1ccc([PH+](c2ccccc2)c2ccccc2)cc1.[Br-]. The lowest BCUT2D eigenvalue weighted by molar-refractivity contribution is -0.00000484. The number of hydrogen-bond donors (Lipinski definition) is 1. The van der Waals surface area contributed by atoms with Crippen molar-refractivity contribution >= 4 is 23.8 Å². The Hall–Kier alpha value is -1.63. The number of aromatic hydroxyl groups is 1. The highest BCUT2D eigenvalue weighted by molar-refractivity contribution is 7.79. The standard InChI is InChI=1S/C18H15OP.BrH/c19-15-11-13-18(14-12-15)20(16-7-3-1-4-8-16)17-9-5-2-6-10-17;/h1-14,19H;1H. The quantitative estimate of drug-likeness (QED) is 0.647. The highest BCUT2D eigenvalue weighted by Crippen LogP contribution is 2.32. The lowest BCUT2D eigenvalue weighted by atomic mass is 10.3. The molecule has 0 saturated carbocycles. The summed E-state index contributed by atoms with van der Waals surface area (Å²) in [6, 6.07) is 28.8. The minimum atomic E-state index is -1.00. The van der Waals surface area contributed by atoms with E-state index in [0.29, 0.717) is 5.75 Å². The van der Waals surface area contributed by atoms with Gasteiger partial charge in [-0.15, -0.1) is 0 Å². The second-order valence-electron chi connectivity index (χ2n) is 4.65. The van der Waals surface area contributed by atoms with Crippen molar-refractivity contribution in [2.45, 2.75) is 0 Å². The van der Waals surface area contributed by atoms with E-state index in [-0.39, 0.29) is 17.0 Å². The summed E-state index contributed by atoms with van der Waals surface area (Å²) in [6.07, 6.45) is 0. The van der Waals surface area contributed by atoms with Crippen molar-refractivity contribution in [3.05, 3.63) is 84.9 Å². The molecule has 3 aromatic carbocycles. The number of halogens is 1. The zero-order chi connectivity index (χ0) is 13.8. The number of phenols is 1. The van der Waals surface area contributed by atoms with E-state index in [9.17, 15) is 5.11 Å². The van der Waals surface area contributed by atoms with Crippen LogP contribution < -0.4 is 32.9 Å². The van der Waals surface area contributed by atoms with Crippen LogP contribution in [0.1, 0.15) is 0 Å². The first-order chi connectivity index (χ1) is 9.84. The third-order valence-corrected chi connectivity index (χ3v) is 6.01. The normalized spacial score (nSPS) is 10.1. The molecule has 3 aromatic rings. The molecule has 0 aliphatic rings. The first kappa shape index (κ1) is 15.8. The Morgan fingerprint density at radius 1 is 0.524 bits per heavy atom. The molecular weight excluding hydrogens is 343 g/mol. The maximum absolute atomic E-state index is 9.49. The van der Waals surface area contributed by atoms with Gasteiger partial charge >= 0.3 is 0 Å². The van der Waals surface area contributed by atoms with Crippen molar-refractivity contribution in [2.75, 3.05) is 0 Å². The molecule has 0 aliphatic carbocycles. The molecule has 0 aliphatic heterocycles. The largest absolute Gasteiger partial charge is 1.00 e. The van der Waals surface area contributed by atoms with Crippen molar-refractivity contribution in [3.8, 4) is 5.75 Å². The van der Waals surface area contributed by atoms with E-state index in [2.05, 4.69) is 48.5 Å². The van der Waals surface area contributed by atoms with Crippen LogP contribution in [0.4, 0.5) is 0 Å². The van der Waals surface area contributed by atoms with Gasteiger partial charge in [0.25, 0.3) is 0 Å². The summed E-state index contributed by atoms with van der Waals surface area (Å²) < 4.78 is 0. The van der Waals surface area contributed by atoms with E-state index >= 15 is 0 Å². The van der Waals surface area contributed by atoms with Gasteiger partial charge in [0, 0.05) is 0 Å². The third-order valence-electron chi connectivity index (χ3n) is 3.28. The lowest BCUT2D eigenvalue weighted by Gasteiger charge is -2.10. The molecule has 21 heavy (non-hydrogen) atoms. The fraction of sp³-hybridized carbons (Fsp3) is 0. The van der Waals surface area contributed by atoms with E-state index in [1.807, 2.05) is 24.3 Å². The average Bonchev–Trinajstić information content (AvgIpc) is 2.52. The number of hydrogen-bond acceptors (Lipinski definition) is 1. The van der Waals surface area contributed by atoms with Crippen LogP contribution in [-0.4, -0.2) is 5.11 Å². The summed E-state index contributed by atoms with van der Waals surface area (Å²) in [5.41, 5.74) is 0. The van der Waals surface area contributed by atoms with Gasteiger partial charge in [-0.05, 0) is 48.5 Å². The summed E-state index contributed by atoms with van der Waals surface area (Å²) in [6.45, 7) is 0. The highest BCUT2D eigenvalue weighted by Gasteiger charge is 2.24. The van der Waals surface area contributed by atoms with Gasteiger partial charge < -0.3 is 22.1 Å². The van der Waals surface area contributed by atoms with Gasteiger partial charge in [-0.1, -0.05) is 36.4 Å². The molecule has 1 N–H and O–H groups in total. The van der Waals surface area contributed by atoms with Crippen LogP contribution in [0.3, 0.4) is 0 Å². The number of phenolic OH excluding ortho intramolecular Hbond substituents is 1. The van der Waals surface area contributed by atoms with Crippen LogP contribution in [0.25, 0.3) is 0 Å². The topological polar surface area (TPSA) is 20.2 Å². The van der Waals surface area contributed by atoms with Crippen molar-refractivity contribution < 1.29 is 22.1 Å². The maximum atomic E-state index is 9.49. The van der Waals surface area contributed by atoms with Crippen molar-refractivity contribution in [1.82, 2.24) is 0 Å². The van der Waals surface area contributed by atoms with Crippen LogP contribution >= 0.6 is 7.92 Å². The van der Waals surface area contributed by atoms with E-state index in [0.717, 1.165) is 0 Å². The molecule has 3 heteroatoms. The molecule has 1 nitrogen and oxygen atoms in total. The molecule has 0 amide bonds. The fourth-order valence-electron chi connectivity index (χ4n) is 2.34. The van der Waals surface area contributed by atoms with Crippen molar-refractivity contribution in [2.24, 2.45) is 0 Å². The van der Waals surface area contributed by atoms with Crippen LogP contribution in [0.5, 0.6) is 5.75 Å². The molecule has 0 heterocycles. The number of benzene rings is 3. The Bertz CT molecular complexity index is 629. The molecule has 0 spiro atoms. The minimum Gasteiger partial charge on any atom is -1.00 e. The monoisotopic (exact) mass is 358 g/mol. The molecule has 0 radical (unpaired) electrons. The van der Waals surface area contributed by atoms with Gasteiger partial charge in [0.2, 0.25) is 0 Å². The Morgan fingerprint density at radius 2 is 0.905 bits per heavy atom. The Labute approximate surface area is 136 Å². The van der Waals surface area contributed by atoms with Crippen LogP contribution in [0, 0.1) is 0 Å². The Balaban J connectivity index is 0.00000161. The van der Waals surface area contributed by atoms with Crippen LogP contribution in [-0.2, 0) is 0 Å². The molecule has 0 aromatic heterocycles. The second kappa shape index (κ2) is 7.40. The molecule has 0 atom stereocenters. The second-order valence-corrected chi connectivity index (χ2v) is 7.14. The van der Waals surface area contributed by atoms with Gasteiger partial charge in [-0.3, -0.25) is 0 Å². The van der Waals surface area contributed by atoms with Crippen LogP contribution in [0.2, 0.25) is 0 Å². The predicted octanol–water partition coefficient (Wildman–Crippen LogP) is -0.113. The molecule has 3 rings (SSSR count). The van der Waals surface area contributed by atoms with E-state index < -0.39 is 7.92 Å². The summed E-state index contributed by atoms with van der Waals surface area (Å²) in [7, 11) is -1.00. The van der Waals surface area contributed by atoms with E-state index in [1.165, 1.54) is 15.9 Å². The fourth-order valence-corrected chi connectivity index (χ4v) is 4.89. The average molecular weight is 359 g/mol. The Morgan fingerprint density at radius 3 is 1.33 bits per heavy atom. The predicted molar refractivity (Wildman–Crippen MR) is 88.2 cm³/mol. The lowest BCUT2D eigenvalue weighted by Crippen LogP contribution is -3.00. The van der Waals surface area contributed by atoms with Gasteiger partial charge in [-0.25, -0.2) is 0 Å². The molecule has 106 valence electrons. The maximum Gasteiger partial charge on any atom is 0.115 e. The van der Waals surface area contributed by atoms with E-state index in [1.54, 1.807) is 12.1 Å². The Kier molecular flexibility index (Phi) is 5.55.